The third-order valence-corrected chi connectivity index (χ3v) is 4.45. The van der Waals surface area contributed by atoms with Crippen molar-refractivity contribution < 1.29 is 23.9 Å². The first-order valence-corrected chi connectivity index (χ1v) is 8.32. The van der Waals surface area contributed by atoms with Gasteiger partial charge in [-0.2, -0.15) is 0 Å². The van der Waals surface area contributed by atoms with Crippen molar-refractivity contribution >= 4 is 34.9 Å². The fraction of sp³-hybridized carbons (Fsp3) is 0.312. The number of hydrogen-bond acceptors (Lipinski definition) is 6. The number of carbonyl (C=O) groups excluding carboxylic acids is 3. The highest BCUT2D eigenvalue weighted by molar-refractivity contribution is 8.18. The number of carbonyl (C=O) groups is 3. The molecule has 1 aromatic carbocycles. The Balaban J connectivity index is 1.68. The minimum atomic E-state index is -0.353. The van der Waals surface area contributed by atoms with E-state index in [0.29, 0.717) is 22.8 Å². The number of benzene rings is 1. The lowest BCUT2D eigenvalue weighted by Crippen LogP contribution is -2.37. The Morgan fingerprint density at radius 3 is 2.92 bits per heavy atom. The number of nitrogens with zero attached hydrogens (tertiary/aromatic N) is 1. The molecule has 24 heavy (non-hydrogen) atoms. The summed E-state index contributed by atoms with van der Waals surface area (Å²) in [6.07, 6.45) is 2.02. The van der Waals surface area contributed by atoms with E-state index in [0.717, 1.165) is 22.2 Å². The zero-order valence-electron chi connectivity index (χ0n) is 13.0. The minimum Gasteiger partial charge on any atom is -0.454 e. The van der Waals surface area contributed by atoms with E-state index in [1.54, 1.807) is 31.2 Å². The van der Waals surface area contributed by atoms with Crippen LogP contribution in [0.3, 0.4) is 0 Å². The molecule has 7 nitrogen and oxygen atoms in total. The molecular weight excluding hydrogens is 332 g/mol. The molecule has 1 saturated heterocycles. The van der Waals surface area contributed by atoms with E-state index in [1.807, 2.05) is 0 Å². The number of thioether (sulfide) groups is 1. The predicted molar refractivity (Wildman–Crippen MR) is 88.5 cm³/mol. The molecule has 0 spiro atoms. The molecule has 0 aliphatic carbocycles. The van der Waals surface area contributed by atoms with Crippen molar-refractivity contribution in [3.63, 3.8) is 0 Å². The number of rotatable bonds is 5. The Morgan fingerprint density at radius 2 is 2.12 bits per heavy atom. The van der Waals surface area contributed by atoms with Crippen LogP contribution in [0.15, 0.2) is 23.1 Å². The zero-order valence-corrected chi connectivity index (χ0v) is 13.9. The molecule has 0 atom stereocenters. The number of amides is 3. The monoisotopic (exact) mass is 348 g/mol. The van der Waals surface area contributed by atoms with E-state index in [4.69, 9.17) is 9.47 Å². The Hall–Kier alpha value is -2.48. The van der Waals surface area contributed by atoms with Gasteiger partial charge in [0.1, 0.15) is 0 Å². The van der Waals surface area contributed by atoms with E-state index in [-0.39, 0.29) is 36.9 Å². The number of nitrogens with one attached hydrogen (secondary N) is 1. The third-order valence-electron chi connectivity index (χ3n) is 3.55. The number of hydrogen-bond donors (Lipinski definition) is 1. The molecule has 2 aliphatic heterocycles. The molecule has 2 aliphatic rings. The van der Waals surface area contributed by atoms with E-state index in [1.165, 1.54) is 0 Å². The Bertz CT molecular complexity index is 731. The van der Waals surface area contributed by atoms with Crippen LogP contribution < -0.4 is 14.8 Å². The van der Waals surface area contributed by atoms with Crippen LogP contribution in [-0.4, -0.2) is 41.8 Å². The van der Waals surface area contributed by atoms with Gasteiger partial charge in [-0.25, -0.2) is 0 Å². The summed E-state index contributed by atoms with van der Waals surface area (Å²) in [6, 6.07) is 5.32. The maximum absolute atomic E-state index is 12.3. The second-order valence-electron chi connectivity index (χ2n) is 5.15. The molecule has 0 aromatic heterocycles. The summed E-state index contributed by atoms with van der Waals surface area (Å²) in [4.78, 5) is 37.0. The molecule has 0 radical (unpaired) electrons. The van der Waals surface area contributed by atoms with Crippen molar-refractivity contribution in [1.82, 2.24) is 10.2 Å². The van der Waals surface area contributed by atoms with Crippen molar-refractivity contribution in [3.8, 4) is 11.5 Å². The summed E-state index contributed by atoms with van der Waals surface area (Å²) >= 11 is 0.888. The Morgan fingerprint density at radius 1 is 1.33 bits per heavy atom. The smallest absolute Gasteiger partial charge is 0.293 e. The van der Waals surface area contributed by atoms with Gasteiger partial charge in [0.15, 0.2) is 11.5 Å². The molecule has 3 rings (SSSR count). The van der Waals surface area contributed by atoms with Crippen molar-refractivity contribution in [2.75, 3.05) is 19.9 Å². The molecule has 0 unspecified atom stereocenters. The van der Waals surface area contributed by atoms with Gasteiger partial charge in [0.25, 0.3) is 11.1 Å². The summed E-state index contributed by atoms with van der Waals surface area (Å²) in [5.74, 6) is 0.809. The maximum Gasteiger partial charge on any atom is 0.293 e. The molecule has 1 N–H and O–H groups in total. The second-order valence-corrected chi connectivity index (χ2v) is 6.14. The van der Waals surface area contributed by atoms with Crippen molar-refractivity contribution in [2.24, 2.45) is 0 Å². The Kier molecular flexibility index (Phi) is 4.75. The van der Waals surface area contributed by atoms with Gasteiger partial charge in [-0.1, -0.05) is 13.0 Å². The van der Waals surface area contributed by atoms with Gasteiger partial charge in [-0.3, -0.25) is 19.3 Å². The molecule has 0 saturated carbocycles. The van der Waals surface area contributed by atoms with Crippen molar-refractivity contribution in [2.45, 2.75) is 13.3 Å². The molecule has 0 bridgehead atoms. The highest BCUT2D eigenvalue weighted by atomic mass is 32.2. The molecular formula is C16H16N2O5S. The molecule has 3 amide bonds. The largest absolute Gasteiger partial charge is 0.454 e. The quantitative estimate of drug-likeness (QED) is 0.819. The fourth-order valence-corrected chi connectivity index (χ4v) is 3.14. The van der Waals surface area contributed by atoms with Gasteiger partial charge in [0, 0.05) is 19.5 Å². The third kappa shape index (κ3) is 3.38. The predicted octanol–water partition coefficient (Wildman–Crippen LogP) is 1.98. The molecule has 8 heteroatoms. The standard InChI is InChI=1S/C16H16N2O5S/c1-2-14(19)17-5-6-18-15(20)13(24-16(18)21)8-10-3-4-11-12(7-10)23-9-22-11/h3-4,7-8H,2,5-6,9H2,1H3,(H,17,19)/b13-8-. The fourth-order valence-electron chi connectivity index (χ4n) is 2.28. The van der Waals surface area contributed by atoms with Crippen LogP contribution in [-0.2, 0) is 9.59 Å². The lowest BCUT2D eigenvalue weighted by atomic mass is 10.2. The van der Waals surface area contributed by atoms with Crippen LogP contribution in [0.4, 0.5) is 4.79 Å². The van der Waals surface area contributed by atoms with Gasteiger partial charge in [-0.05, 0) is 35.5 Å². The van der Waals surface area contributed by atoms with Crippen LogP contribution in [0.2, 0.25) is 0 Å². The van der Waals surface area contributed by atoms with Crippen LogP contribution >= 0.6 is 11.8 Å². The second kappa shape index (κ2) is 6.96. The number of imide groups is 1. The lowest BCUT2D eigenvalue weighted by molar-refractivity contribution is -0.124. The molecule has 1 aromatic rings. The summed E-state index contributed by atoms with van der Waals surface area (Å²) in [5.41, 5.74) is 0.754. The lowest BCUT2D eigenvalue weighted by Gasteiger charge is -2.12. The minimum absolute atomic E-state index is 0.113. The number of ether oxygens (including phenoxy) is 2. The molecule has 126 valence electrons. The number of fused-ring (bicyclic) bond motifs is 1. The SMILES string of the molecule is CCC(=O)NCCN1C(=O)S/C(=C\c2ccc3c(c2)OCO3)C1=O. The molecule has 2 heterocycles. The summed E-state index contributed by atoms with van der Waals surface area (Å²) in [6.45, 7) is 2.33. The van der Waals surface area contributed by atoms with E-state index in [9.17, 15) is 14.4 Å². The van der Waals surface area contributed by atoms with Crippen LogP contribution in [0.5, 0.6) is 11.5 Å². The van der Waals surface area contributed by atoms with Crippen LogP contribution in [0, 0.1) is 0 Å². The zero-order chi connectivity index (χ0) is 17.1. The first-order valence-electron chi connectivity index (χ1n) is 7.50. The van der Waals surface area contributed by atoms with Crippen LogP contribution in [0.1, 0.15) is 18.9 Å². The average molecular weight is 348 g/mol. The van der Waals surface area contributed by atoms with Gasteiger partial charge in [0.2, 0.25) is 12.7 Å². The van der Waals surface area contributed by atoms with E-state index in [2.05, 4.69) is 5.32 Å². The molecule has 1 fully saturated rings. The van der Waals surface area contributed by atoms with Crippen molar-refractivity contribution in [1.29, 1.82) is 0 Å². The Labute approximate surface area is 143 Å². The van der Waals surface area contributed by atoms with Crippen LogP contribution in [0.25, 0.3) is 6.08 Å². The van der Waals surface area contributed by atoms with Gasteiger partial charge in [0.05, 0.1) is 4.91 Å². The highest BCUT2D eigenvalue weighted by Gasteiger charge is 2.34. The first-order chi connectivity index (χ1) is 11.6. The van der Waals surface area contributed by atoms with E-state index >= 15 is 0 Å². The highest BCUT2D eigenvalue weighted by Crippen LogP contribution is 2.36. The van der Waals surface area contributed by atoms with Gasteiger partial charge >= 0.3 is 0 Å². The maximum atomic E-state index is 12.3. The van der Waals surface area contributed by atoms with E-state index < -0.39 is 0 Å². The summed E-state index contributed by atoms with van der Waals surface area (Å²) in [5, 5.41) is 2.31. The normalized spacial score (nSPS) is 17.7. The van der Waals surface area contributed by atoms with Gasteiger partial charge in [-0.15, -0.1) is 0 Å². The van der Waals surface area contributed by atoms with Gasteiger partial charge < -0.3 is 14.8 Å². The average Bonchev–Trinajstić information content (AvgIpc) is 3.14. The first kappa shape index (κ1) is 16.4. The summed E-state index contributed by atoms with van der Waals surface area (Å²) < 4.78 is 10.5. The topological polar surface area (TPSA) is 84.9 Å². The van der Waals surface area contributed by atoms with Crippen molar-refractivity contribution in [3.05, 3.63) is 28.7 Å². The summed E-state index contributed by atoms with van der Waals surface area (Å²) in [7, 11) is 0.